The van der Waals surface area contributed by atoms with Crippen LogP contribution in [0.4, 0.5) is 11.4 Å². The zero-order valence-electron chi connectivity index (χ0n) is 10.5. The van der Waals surface area contributed by atoms with E-state index in [1.807, 2.05) is 11.8 Å². The van der Waals surface area contributed by atoms with Gasteiger partial charge in [-0.15, -0.1) is 0 Å². The number of carbonyl (C=O) groups excluding carboxylic acids is 1. The highest BCUT2D eigenvalue weighted by molar-refractivity contribution is 6.04. The molecule has 1 aliphatic rings. The van der Waals surface area contributed by atoms with Gasteiger partial charge in [0.05, 0.1) is 23.5 Å². The minimum atomic E-state index is -0.950. The number of carbonyl (C=O) groups is 2. The summed E-state index contributed by atoms with van der Waals surface area (Å²) in [4.78, 5) is 26.3. The Kier molecular flexibility index (Phi) is 3.23. The zero-order valence-corrected chi connectivity index (χ0v) is 10.5. The zero-order chi connectivity index (χ0) is 13.3. The van der Waals surface area contributed by atoms with Gasteiger partial charge in [0.15, 0.2) is 0 Å². The quantitative estimate of drug-likeness (QED) is 0.882. The molecule has 0 aliphatic carbocycles. The average molecular weight is 248 g/mol. The molecule has 1 amide bonds. The Morgan fingerprint density at radius 1 is 1.39 bits per heavy atom. The van der Waals surface area contributed by atoms with Crippen LogP contribution < -0.4 is 9.80 Å². The average Bonchev–Trinajstić information content (AvgIpc) is 2.35. The van der Waals surface area contributed by atoms with Gasteiger partial charge in [0, 0.05) is 13.6 Å². The number of aromatic carboxylic acids is 1. The van der Waals surface area contributed by atoms with E-state index in [1.54, 1.807) is 24.1 Å². The summed E-state index contributed by atoms with van der Waals surface area (Å²) in [6.07, 6.45) is 0.910. The van der Waals surface area contributed by atoms with Crippen molar-refractivity contribution in [3.05, 3.63) is 23.8 Å². The Labute approximate surface area is 106 Å². The highest BCUT2D eigenvalue weighted by atomic mass is 16.4. The number of hydrogen-bond acceptors (Lipinski definition) is 3. The molecule has 0 unspecified atom stereocenters. The molecule has 1 N–H and O–H groups in total. The second kappa shape index (κ2) is 4.68. The molecule has 0 spiro atoms. The van der Waals surface area contributed by atoms with Crippen molar-refractivity contribution in [2.24, 2.45) is 0 Å². The number of hydrogen-bond donors (Lipinski definition) is 1. The smallest absolute Gasteiger partial charge is 0.335 e. The number of benzene rings is 1. The second-order valence-electron chi connectivity index (χ2n) is 4.38. The van der Waals surface area contributed by atoms with E-state index >= 15 is 0 Å². The first-order chi connectivity index (χ1) is 8.54. The summed E-state index contributed by atoms with van der Waals surface area (Å²) in [7, 11) is 1.71. The van der Waals surface area contributed by atoms with Gasteiger partial charge in [-0.05, 0) is 24.6 Å². The molecule has 0 bridgehead atoms. The third kappa shape index (κ3) is 2.03. The Bertz CT molecular complexity index is 499. The predicted molar refractivity (Wildman–Crippen MR) is 69.3 cm³/mol. The van der Waals surface area contributed by atoms with E-state index < -0.39 is 5.97 Å². The summed E-state index contributed by atoms with van der Waals surface area (Å²) in [6.45, 7) is 3.08. The van der Waals surface area contributed by atoms with Crippen molar-refractivity contribution in [1.82, 2.24) is 0 Å². The summed E-state index contributed by atoms with van der Waals surface area (Å²) in [5.74, 6) is -0.923. The van der Waals surface area contributed by atoms with Crippen molar-refractivity contribution < 1.29 is 14.7 Å². The molecule has 0 fully saturated rings. The van der Waals surface area contributed by atoms with Crippen LogP contribution in [0.1, 0.15) is 23.7 Å². The lowest BCUT2D eigenvalue weighted by molar-refractivity contribution is -0.117. The van der Waals surface area contributed by atoms with Crippen LogP contribution >= 0.6 is 0 Å². The molecule has 1 aliphatic heterocycles. The van der Waals surface area contributed by atoms with Gasteiger partial charge in [-0.25, -0.2) is 4.79 Å². The first-order valence-electron chi connectivity index (χ1n) is 5.93. The molecular weight excluding hydrogens is 232 g/mol. The number of anilines is 2. The Balaban J connectivity index is 2.49. The molecule has 5 heteroatoms. The topological polar surface area (TPSA) is 60.9 Å². The number of fused-ring (bicyclic) bond motifs is 1. The fourth-order valence-corrected chi connectivity index (χ4v) is 2.15. The Hall–Kier alpha value is -2.04. The Morgan fingerprint density at radius 2 is 2.11 bits per heavy atom. The van der Waals surface area contributed by atoms with Gasteiger partial charge in [0.2, 0.25) is 5.91 Å². The van der Waals surface area contributed by atoms with E-state index in [4.69, 9.17) is 5.11 Å². The molecule has 0 atom stereocenters. The molecule has 2 rings (SSSR count). The highest BCUT2D eigenvalue weighted by Crippen LogP contribution is 2.33. The van der Waals surface area contributed by atoms with Crippen molar-refractivity contribution >= 4 is 23.3 Å². The van der Waals surface area contributed by atoms with Gasteiger partial charge < -0.3 is 14.9 Å². The monoisotopic (exact) mass is 248 g/mol. The number of carboxylic acid groups (broad SMARTS) is 1. The number of carboxylic acids is 1. The van der Waals surface area contributed by atoms with E-state index in [9.17, 15) is 9.59 Å². The summed E-state index contributed by atoms with van der Waals surface area (Å²) in [5.41, 5.74) is 1.83. The lowest BCUT2D eigenvalue weighted by Crippen LogP contribution is -2.44. The molecule has 1 aromatic carbocycles. The van der Waals surface area contributed by atoms with Crippen molar-refractivity contribution in [2.45, 2.75) is 13.3 Å². The van der Waals surface area contributed by atoms with E-state index in [-0.39, 0.29) is 11.5 Å². The van der Waals surface area contributed by atoms with Crippen molar-refractivity contribution in [3.63, 3.8) is 0 Å². The van der Waals surface area contributed by atoms with Crippen LogP contribution in [0.3, 0.4) is 0 Å². The Morgan fingerprint density at radius 3 is 2.72 bits per heavy atom. The van der Waals surface area contributed by atoms with Crippen molar-refractivity contribution in [3.8, 4) is 0 Å². The highest BCUT2D eigenvalue weighted by Gasteiger charge is 2.26. The van der Waals surface area contributed by atoms with Gasteiger partial charge in [0.1, 0.15) is 0 Å². The fourth-order valence-electron chi connectivity index (χ4n) is 2.15. The summed E-state index contributed by atoms with van der Waals surface area (Å²) >= 11 is 0. The molecule has 5 nitrogen and oxygen atoms in total. The maximum atomic E-state index is 11.8. The molecule has 0 saturated heterocycles. The van der Waals surface area contributed by atoms with Crippen LogP contribution in [0.15, 0.2) is 18.2 Å². The molecular formula is C13H16N2O3. The number of rotatable bonds is 3. The number of nitrogens with zero attached hydrogens (tertiary/aromatic N) is 2. The minimum Gasteiger partial charge on any atom is -0.478 e. The number of amides is 1. The predicted octanol–water partition coefficient (Wildman–Crippen LogP) is 1.58. The van der Waals surface area contributed by atoms with E-state index in [0.717, 1.165) is 24.3 Å². The molecule has 18 heavy (non-hydrogen) atoms. The molecule has 0 aromatic heterocycles. The van der Waals surface area contributed by atoms with Crippen molar-refractivity contribution in [1.29, 1.82) is 0 Å². The molecule has 96 valence electrons. The van der Waals surface area contributed by atoms with Crippen LogP contribution in [0.25, 0.3) is 0 Å². The van der Waals surface area contributed by atoms with Gasteiger partial charge in [-0.3, -0.25) is 4.79 Å². The van der Waals surface area contributed by atoms with Crippen LogP contribution in [-0.4, -0.2) is 37.1 Å². The largest absolute Gasteiger partial charge is 0.478 e. The van der Waals surface area contributed by atoms with Crippen LogP contribution in [-0.2, 0) is 4.79 Å². The SMILES string of the molecule is CCCN1CC(=O)N(C)c2ccc(C(=O)O)cc21. The van der Waals surface area contributed by atoms with Crippen LogP contribution in [0, 0.1) is 0 Å². The van der Waals surface area contributed by atoms with Crippen molar-refractivity contribution in [2.75, 3.05) is 29.9 Å². The van der Waals surface area contributed by atoms with Crippen LogP contribution in [0.5, 0.6) is 0 Å². The van der Waals surface area contributed by atoms with E-state index in [1.165, 1.54) is 6.07 Å². The lowest BCUT2D eigenvalue weighted by Gasteiger charge is -2.35. The van der Waals surface area contributed by atoms with E-state index in [0.29, 0.717) is 6.54 Å². The first kappa shape index (κ1) is 12.4. The maximum absolute atomic E-state index is 11.8. The summed E-state index contributed by atoms with van der Waals surface area (Å²) in [6, 6.07) is 4.86. The molecule has 0 saturated carbocycles. The van der Waals surface area contributed by atoms with Gasteiger partial charge in [-0.1, -0.05) is 6.92 Å². The third-order valence-corrected chi connectivity index (χ3v) is 3.12. The first-order valence-corrected chi connectivity index (χ1v) is 5.93. The summed E-state index contributed by atoms with van der Waals surface area (Å²) in [5, 5.41) is 9.02. The second-order valence-corrected chi connectivity index (χ2v) is 4.38. The van der Waals surface area contributed by atoms with Gasteiger partial charge in [-0.2, -0.15) is 0 Å². The van der Waals surface area contributed by atoms with Gasteiger partial charge >= 0.3 is 5.97 Å². The normalized spacial score (nSPS) is 14.7. The van der Waals surface area contributed by atoms with E-state index in [2.05, 4.69) is 0 Å². The minimum absolute atomic E-state index is 0.0269. The summed E-state index contributed by atoms with van der Waals surface area (Å²) < 4.78 is 0. The molecule has 1 aromatic rings. The molecule has 0 radical (unpaired) electrons. The third-order valence-electron chi connectivity index (χ3n) is 3.12. The molecule has 1 heterocycles. The number of likely N-dealkylation sites (N-methyl/N-ethyl adjacent to an activating group) is 1. The standard InChI is InChI=1S/C13H16N2O3/c1-3-6-15-8-12(16)14(2)10-5-4-9(13(17)18)7-11(10)15/h4-5,7H,3,6,8H2,1-2H3,(H,17,18). The van der Waals surface area contributed by atoms with Gasteiger partial charge in [0.25, 0.3) is 0 Å². The maximum Gasteiger partial charge on any atom is 0.335 e. The lowest BCUT2D eigenvalue weighted by atomic mass is 10.1. The fraction of sp³-hybridized carbons (Fsp3) is 0.385. The van der Waals surface area contributed by atoms with Crippen LogP contribution in [0.2, 0.25) is 0 Å².